The molecule has 1 N–H and O–H groups in total. The third-order valence-corrected chi connectivity index (χ3v) is 4.49. The normalized spacial score (nSPS) is 16.9. The van der Waals surface area contributed by atoms with Gasteiger partial charge >= 0.3 is 42.0 Å². The molecule has 18 heteroatoms. The van der Waals surface area contributed by atoms with Crippen molar-refractivity contribution in [3.05, 3.63) is 29.8 Å². The number of hydrogen-bond donors (Lipinski definition) is 1. The lowest BCUT2D eigenvalue weighted by Gasteiger charge is -2.42. The number of methoxy groups -OCH3 is 1. The molecule has 0 fully saturated rings. The standard InChI is InChI=1S/C16H10F16O2/c1-34-8-4-2-3-7(5-8)9(33,15(27,28)29)6-10(17,18)11(19,20)12(21,22)13(23,24)14(25,26)16(30,31)32/h2-5,33H,6H2,1H3. The summed E-state index contributed by atoms with van der Waals surface area (Å²) in [5, 5.41) is 9.74. The maximum Gasteiger partial charge on any atom is 0.460 e. The van der Waals surface area contributed by atoms with E-state index in [1.54, 1.807) is 0 Å². The molecule has 0 saturated carbocycles. The van der Waals surface area contributed by atoms with Crippen LogP contribution in [0.4, 0.5) is 70.2 Å². The molecule has 0 aliphatic carbocycles. The van der Waals surface area contributed by atoms with Gasteiger partial charge < -0.3 is 9.84 Å². The lowest BCUT2D eigenvalue weighted by atomic mass is 9.82. The number of benzene rings is 1. The first kappa shape index (κ1) is 29.9. The molecule has 0 aliphatic rings. The average Bonchev–Trinajstić information content (AvgIpc) is 2.65. The Labute approximate surface area is 178 Å². The SMILES string of the molecule is COc1cccc(C(O)(CC(F)(F)C(F)(F)C(F)(F)C(F)(F)C(F)(F)C(F)(F)F)C(F)(F)F)c1. The molecular formula is C16H10F16O2. The van der Waals surface area contributed by atoms with Gasteiger partial charge in [0.2, 0.25) is 0 Å². The Morgan fingerprint density at radius 1 is 0.647 bits per heavy atom. The van der Waals surface area contributed by atoms with Crippen molar-refractivity contribution in [1.82, 2.24) is 0 Å². The van der Waals surface area contributed by atoms with Gasteiger partial charge in [0, 0.05) is 0 Å². The van der Waals surface area contributed by atoms with Gasteiger partial charge in [0.15, 0.2) is 5.60 Å². The molecule has 0 heterocycles. The summed E-state index contributed by atoms with van der Waals surface area (Å²) in [5.41, 5.74) is -7.00. The predicted molar refractivity (Wildman–Crippen MR) is 78.4 cm³/mol. The van der Waals surface area contributed by atoms with Crippen LogP contribution in [0.15, 0.2) is 24.3 Å². The van der Waals surface area contributed by atoms with Gasteiger partial charge in [-0.2, -0.15) is 70.2 Å². The topological polar surface area (TPSA) is 29.5 Å². The Morgan fingerprint density at radius 2 is 1.09 bits per heavy atom. The van der Waals surface area contributed by atoms with Gasteiger partial charge in [-0.15, -0.1) is 0 Å². The van der Waals surface area contributed by atoms with E-state index in [0.29, 0.717) is 6.07 Å². The van der Waals surface area contributed by atoms with Crippen LogP contribution < -0.4 is 4.74 Å². The monoisotopic (exact) mass is 538 g/mol. The van der Waals surface area contributed by atoms with Crippen molar-refractivity contribution in [2.45, 2.75) is 54.0 Å². The fourth-order valence-corrected chi connectivity index (χ4v) is 2.48. The molecule has 0 saturated heterocycles. The Bertz CT molecular complexity index is 872. The second kappa shape index (κ2) is 8.22. The third kappa shape index (κ3) is 4.32. The van der Waals surface area contributed by atoms with Crippen molar-refractivity contribution in [1.29, 1.82) is 0 Å². The van der Waals surface area contributed by atoms with Crippen molar-refractivity contribution in [2.75, 3.05) is 7.11 Å². The molecule has 0 amide bonds. The van der Waals surface area contributed by atoms with E-state index in [1.165, 1.54) is 0 Å². The van der Waals surface area contributed by atoms with Crippen molar-refractivity contribution in [3.8, 4) is 5.75 Å². The van der Waals surface area contributed by atoms with Gasteiger partial charge in [0.1, 0.15) is 5.75 Å². The quantitative estimate of drug-likeness (QED) is 0.380. The first-order valence-corrected chi connectivity index (χ1v) is 8.14. The summed E-state index contributed by atoms with van der Waals surface area (Å²) in [4.78, 5) is 0. The molecule has 198 valence electrons. The minimum atomic E-state index is -8.29. The number of hydrogen-bond acceptors (Lipinski definition) is 2. The first-order chi connectivity index (χ1) is 14.7. The fraction of sp³-hybridized carbons (Fsp3) is 0.625. The highest BCUT2D eigenvalue weighted by atomic mass is 19.4. The van der Waals surface area contributed by atoms with E-state index in [9.17, 15) is 75.4 Å². The van der Waals surface area contributed by atoms with E-state index in [-0.39, 0.29) is 12.1 Å². The van der Waals surface area contributed by atoms with Crippen LogP contribution in [0.5, 0.6) is 5.75 Å². The number of rotatable bonds is 8. The summed E-state index contributed by atoms with van der Waals surface area (Å²) in [6, 6.07) is 1.65. The molecule has 0 spiro atoms. The van der Waals surface area contributed by atoms with Crippen molar-refractivity contribution >= 4 is 0 Å². The molecule has 34 heavy (non-hydrogen) atoms. The summed E-state index contributed by atoms with van der Waals surface area (Å²) < 4.78 is 216. The van der Waals surface area contributed by atoms with E-state index in [1.807, 2.05) is 0 Å². The van der Waals surface area contributed by atoms with Gasteiger partial charge in [0.05, 0.1) is 13.5 Å². The van der Waals surface area contributed by atoms with E-state index in [0.717, 1.165) is 13.2 Å². The molecule has 1 unspecified atom stereocenters. The van der Waals surface area contributed by atoms with Crippen LogP contribution in [-0.2, 0) is 5.60 Å². The molecule has 1 atom stereocenters. The Morgan fingerprint density at radius 3 is 1.47 bits per heavy atom. The fourth-order valence-electron chi connectivity index (χ4n) is 2.48. The van der Waals surface area contributed by atoms with Crippen LogP contribution in [0.2, 0.25) is 0 Å². The van der Waals surface area contributed by atoms with Crippen LogP contribution in [0.25, 0.3) is 0 Å². The van der Waals surface area contributed by atoms with E-state index >= 15 is 0 Å². The van der Waals surface area contributed by atoms with Crippen molar-refractivity contribution in [2.24, 2.45) is 0 Å². The highest BCUT2D eigenvalue weighted by Crippen LogP contribution is 2.62. The second-order valence-corrected chi connectivity index (χ2v) is 6.77. The number of ether oxygens (including phenoxy) is 1. The lowest BCUT2D eigenvalue weighted by molar-refractivity contribution is -0.443. The Kier molecular flexibility index (Phi) is 7.23. The van der Waals surface area contributed by atoms with E-state index in [4.69, 9.17) is 0 Å². The summed E-state index contributed by atoms with van der Waals surface area (Å²) in [6.45, 7) is 0. The summed E-state index contributed by atoms with van der Waals surface area (Å²) in [7, 11) is 0.790. The van der Waals surface area contributed by atoms with Gasteiger partial charge in [-0.3, -0.25) is 0 Å². The van der Waals surface area contributed by atoms with Gasteiger partial charge in [-0.1, -0.05) is 12.1 Å². The zero-order valence-electron chi connectivity index (χ0n) is 15.9. The van der Waals surface area contributed by atoms with Gasteiger partial charge in [-0.05, 0) is 17.7 Å². The van der Waals surface area contributed by atoms with Gasteiger partial charge in [-0.25, -0.2) is 0 Å². The van der Waals surface area contributed by atoms with Crippen LogP contribution in [0.3, 0.4) is 0 Å². The highest BCUT2D eigenvalue weighted by Gasteiger charge is 2.91. The predicted octanol–water partition coefficient (Wildman–Crippen LogP) is 6.57. The molecule has 0 aliphatic heterocycles. The molecule has 1 rings (SSSR count). The minimum absolute atomic E-state index is 0.103. The molecule has 2 nitrogen and oxygen atoms in total. The molecule has 0 bridgehead atoms. The van der Waals surface area contributed by atoms with Crippen molar-refractivity contribution in [3.63, 3.8) is 0 Å². The Balaban J connectivity index is 3.69. The number of aliphatic hydroxyl groups is 1. The summed E-state index contributed by atoms with van der Waals surface area (Å²) in [6.07, 6.45) is -18.0. The maximum absolute atomic E-state index is 14.0. The summed E-state index contributed by atoms with van der Waals surface area (Å²) in [5.74, 6) is -40.4. The zero-order valence-corrected chi connectivity index (χ0v) is 15.9. The highest BCUT2D eigenvalue weighted by molar-refractivity contribution is 5.34. The van der Waals surface area contributed by atoms with Crippen LogP contribution >= 0.6 is 0 Å². The number of alkyl halides is 16. The van der Waals surface area contributed by atoms with Gasteiger partial charge in [0.25, 0.3) is 0 Å². The van der Waals surface area contributed by atoms with Crippen molar-refractivity contribution < 1.29 is 80.1 Å². The van der Waals surface area contributed by atoms with E-state index < -0.39 is 65.3 Å². The molecule has 1 aromatic rings. The van der Waals surface area contributed by atoms with E-state index in [2.05, 4.69) is 4.74 Å². The zero-order chi connectivity index (χ0) is 27.4. The van der Waals surface area contributed by atoms with Crippen LogP contribution in [-0.4, -0.2) is 54.2 Å². The molecular weight excluding hydrogens is 528 g/mol. The van der Waals surface area contributed by atoms with Crippen LogP contribution in [0.1, 0.15) is 12.0 Å². The number of halogens is 16. The smallest absolute Gasteiger partial charge is 0.460 e. The molecule has 0 aromatic heterocycles. The Hall–Kier alpha value is -2.14. The molecule has 1 aromatic carbocycles. The summed E-state index contributed by atoms with van der Waals surface area (Å²) >= 11 is 0. The van der Waals surface area contributed by atoms with Crippen LogP contribution in [0, 0.1) is 0 Å². The lowest BCUT2D eigenvalue weighted by Crippen LogP contribution is -2.70. The minimum Gasteiger partial charge on any atom is -0.497 e. The average molecular weight is 538 g/mol. The molecule has 0 radical (unpaired) electrons. The first-order valence-electron chi connectivity index (χ1n) is 8.14. The second-order valence-electron chi connectivity index (χ2n) is 6.77. The maximum atomic E-state index is 14.0. The third-order valence-electron chi connectivity index (χ3n) is 4.49. The largest absolute Gasteiger partial charge is 0.497 e.